The molecule has 1 aliphatic carbocycles. The zero-order valence-corrected chi connectivity index (χ0v) is 16.2. The summed E-state index contributed by atoms with van der Waals surface area (Å²) in [4.78, 5) is 23.7. The van der Waals surface area contributed by atoms with E-state index < -0.39 is 0 Å². The van der Waals surface area contributed by atoms with Crippen molar-refractivity contribution in [2.45, 2.75) is 63.6 Å². The van der Waals surface area contributed by atoms with E-state index in [0.717, 1.165) is 44.0 Å². The maximum absolute atomic E-state index is 12.4. The second-order valence-electron chi connectivity index (χ2n) is 9.03. The fourth-order valence-electron chi connectivity index (χ4n) is 6.12. The third-order valence-corrected chi connectivity index (χ3v) is 7.42. The number of fused-ring (bicyclic) bond motifs is 1. The second kappa shape index (κ2) is 6.73. The van der Waals surface area contributed by atoms with Gasteiger partial charge in [0.1, 0.15) is 5.82 Å². The van der Waals surface area contributed by atoms with Crippen molar-refractivity contribution in [2.75, 3.05) is 24.5 Å². The predicted molar refractivity (Wildman–Crippen MR) is 102 cm³/mol. The normalized spacial score (nSPS) is 35.0. The van der Waals surface area contributed by atoms with Gasteiger partial charge in [0.05, 0.1) is 17.4 Å². The first-order valence-electron chi connectivity index (χ1n) is 10.6. The van der Waals surface area contributed by atoms with Crippen LogP contribution in [0.4, 0.5) is 5.82 Å². The van der Waals surface area contributed by atoms with Gasteiger partial charge >= 0.3 is 0 Å². The van der Waals surface area contributed by atoms with Crippen LogP contribution in [0.25, 0.3) is 0 Å². The van der Waals surface area contributed by atoms with E-state index in [1.54, 1.807) is 12.4 Å². The van der Waals surface area contributed by atoms with Crippen LogP contribution in [0.5, 0.6) is 0 Å². The Hall–Kier alpha value is -1.69. The minimum Gasteiger partial charge on any atom is -0.369 e. The van der Waals surface area contributed by atoms with Gasteiger partial charge in [-0.25, -0.2) is 4.98 Å². The van der Waals surface area contributed by atoms with Crippen molar-refractivity contribution in [3.63, 3.8) is 0 Å². The molecule has 4 aliphatic rings. The van der Waals surface area contributed by atoms with Crippen LogP contribution < -0.4 is 10.2 Å². The number of anilines is 1. The summed E-state index contributed by atoms with van der Waals surface area (Å²) in [6.07, 6.45) is 11.8. The van der Waals surface area contributed by atoms with Gasteiger partial charge in [0.2, 0.25) is 5.91 Å². The second-order valence-corrected chi connectivity index (χ2v) is 9.03. The van der Waals surface area contributed by atoms with Crippen LogP contribution in [0.1, 0.15) is 50.6 Å². The van der Waals surface area contributed by atoms with Crippen LogP contribution in [-0.4, -0.2) is 47.2 Å². The minimum absolute atomic E-state index is 0.0462. The molecule has 0 unspecified atom stereocenters. The summed E-state index contributed by atoms with van der Waals surface area (Å²) in [6, 6.07) is 0. The molecule has 4 heterocycles. The van der Waals surface area contributed by atoms with E-state index in [1.165, 1.54) is 25.7 Å². The van der Waals surface area contributed by atoms with Crippen molar-refractivity contribution >= 4 is 11.7 Å². The van der Waals surface area contributed by atoms with Gasteiger partial charge in [0, 0.05) is 50.3 Å². The van der Waals surface area contributed by atoms with Crippen molar-refractivity contribution in [2.24, 2.45) is 17.8 Å². The lowest BCUT2D eigenvalue weighted by atomic mass is 9.73. The van der Waals surface area contributed by atoms with Crippen molar-refractivity contribution in [1.29, 1.82) is 0 Å². The Morgan fingerprint density at radius 3 is 2.93 bits per heavy atom. The highest BCUT2D eigenvalue weighted by atomic mass is 16.5. The maximum Gasteiger partial charge on any atom is 0.220 e. The molecule has 1 aromatic rings. The number of nitrogens with zero attached hydrogens (tertiary/aromatic N) is 3. The number of amides is 1. The molecule has 146 valence electrons. The number of aryl methyl sites for hydroxylation is 1. The summed E-state index contributed by atoms with van der Waals surface area (Å²) in [7, 11) is 0. The third-order valence-electron chi connectivity index (χ3n) is 7.42. The average molecular weight is 370 g/mol. The molecular weight excluding hydrogens is 340 g/mol. The van der Waals surface area contributed by atoms with Gasteiger partial charge in [-0.15, -0.1) is 0 Å². The van der Waals surface area contributed by atoms with E-state index >= 15 is 0 Å². The van der Waals surface area contributed by atoms with Crippen molar-refractivity contribution in [1.82, 2.24) is 15.3 Å². The first-order valence-corrected chi connectivity index (χ1v) is 10.6. The van der Waals surface area contributed by atoms with E-state index in [-0.39, 0.29) is 11.5 Å². The Morgan fingerprint density at radius 2 is 2.11 bits per heavy atom. The highest BCUT2D eigenvalue weighted by Gasteiger charge is 2.63. The molecule has 0 radical (unpaired) electrons. The van der Waals surface area contributed by atoms with Gasteiger partial charge in [0.25, 0.3) is 0 Å². The number of nitrogens with one attached hydrogen (secondary N) is 1. The number of aromatic nitrogens is 2. The lowest BCUT2D eigenvalue weighted by Gasteiger charge is -2.29. The highest BCUT2D eigenvalue weighted by molar-refractivity contribution is 5.76. The maximum atomic E-state index is 12.4. The Bertz CT molecular complexity index is 720. The van der Waals surface area contributed by atoms with Crippen LogP contribution in [0.15, 0.2) is 12.4 Å². The number of carbonyl (C=O) groups is 1. The molecule has 4 fully saturated rings. The zero-order valence-electron chi connectivity index (χ0n) is 16.2. The lowest BCUT2D eigenvalue weighted by molar-refractivity contribution is -0.122. The van der Waals surface area contributed by atoms with Gasteiger partial charge in [-0.2, -0.15) is 0 Å². The molecule has 0 aromatic carbocycles. The topological polar surface area (TPSA) is 67.4 Å². The molecule has 2 bridgehead atoms. The standard InChI is InChI=1S/C21H30N4O2/c1-14-20(23-9-8-22-14)25-12-17-16(18-6-7-21(17,13-25)27-18)11-24-19(26)10-15-4-2-3-5-15/h8-9,15-18H,2-7,10-13H2,1H3,(H,24,26)/t16-,17+,18+,21+/m0/s1. The number of rotatable bonds is 5. The molecule has 6 nitrogen and oxygen atoms in total. The first-order chi connectivity index (χ1) is 13.1. The summed E-state index contributed by atoms with van der Waals surface area (Å²) < 4.78 is 6.51. The van der Waals surface area contributed by atoms with Gasteiger partial charge in [-0.1, -0.05) is 12.8 Å². The molecule has 1 N–H and O–H groups in total. The summed E-state index contributed by atoms with van der Waals surface area (Å²) in [6.45, 7) is 4.64. The fourth-order valence-corrected chi connectivity index (χ4v) is 6.12. The lowest BCUT2D eigenvalue weighted by Crippen LogP contribution is -2.42. The zero-order chi connectivity index (χ0) is 18.4. The van der Waals surface area contributed by atoms with E-state index in [2.05, 4.69) is 20.2 Å². The SMILES string of the molecule is Cc1nccnc1N1C[C@@H]2[C@H](CNC(=O)CC3CCCC3)[C@H]3CC[C@]2(C1)O3. The van der Waals surface area contributed by atoms with Crippen molar-refractivity contribution < 1.29 is 9.53 Å². The third kappa shape index (κ3) is 3.02. The van der Waals surface area contributed by atoms with Gasteiger partial charge in [0.15, 0.2) is 0 Å². The molecule has 5 rings (SSSR count). The number of carbonyl (C=O) groups excluding carboxylic acids is 1. The predicted octanol–water partition coefficient (Wildman–Crippen LogP) is 2.47. The van der Waals surface area contributed by atoms with E-state index in [1.807, 2.05) is 6.92 Å². The Kier molecular flexibility index (Phi) is 4.34. The van der Waals surface area contributed by atoms with E-state index in [9.17, 15) is 4.79 Å². The van der Waals surface area contributed by atoms with Crippen LogP contribution >= 0.6 is 0 Å². The Balaban J connectivity index is 1.24. The van der Waals surface area contributed by atoms with Crippen LogP contribution in [0, 0.1) is 24.7 Å². The Labute approximate surface area is 161 Å². The molecule has 27 heavy (non-hydrogen) atoms. The smallest absolute Gasteiger partial charge is 0.220 e. The van der Waals surface area contributed by atoms with Crippen molar-refractivity contribution in [3.05, 3.63) is 18.1 Å². The molecule has 6 heteroatoms. The molecule has 1 aromatic heterocycles. The van der Waals surface area contributed by atoms with Crippen LogP contribution in [0.3, 0.4) is 0 Å². The fraction of sp³-hybridized carbons (Fsp3) is 0.762. The largest absolute Gasteiger partial charge is 0.369 e. The summed E-state index contributed by atoms with van der Waals surface area (Å²) in [5.74, 6) is 2.72. The van der Waals surface area contributed by atoms with Gasteiger partial charge in [-0.3, -0.25) is 9.78 Å². The monoisotopic (exact) mass is 370 g/mol. The molecule has 1 saturated carbocycles. The summed E-state index contributed by atoms with van der Waals surface area (Å²) >= 11 is 0. The minimum atomic E-state index is -0.0462. The van der Waals surface area contributed by atoms with Gasteiger partial charge in [-0.05, 0) is 38.5 Å². The summed E-state index contributed by atoms with van der Waals surface area (Å²) in [5, 5.41) is 3.25. The van der Waals surface area contributed by atoms with Gasteiger partial charge < -0.3 is 15.0 Å². The molecule has 1 spiro atoms. The number of hydrogen-bond acceptors (Lipinski definition) is 5. The number of hydrogen-bond donors (Lipinski definition) is 1. The molecule has 3 saturated heterocycles. The Morgan fingerprint density at radius 1 is 1.30 bits per heavy atom. The van der Waals surface area contributed by atoms with E-state index in [4.69, 9.17) is 4.74 Å². The molecular formula is C21H30N4O2. The van der Waals surface area contributed by atoms with E-state index in [0.29, 0.717) is 30.3 Å². The average Bonchev–Trinajstić information content (AvgIpc) is 3.41. The molecule has 1 amide bonds. The highest BCUT2D eigenvalue weighted by Crippen LogP contribution is 2.55. The van der Waals surface area contributed by atoms with Crippen LogP contribution in [0.2, 0.25) is 0 Å². The van der Waals surface area contributed by atoms with Crippen molar-refractivity contribution in [3.8, 4) is 0 Å². The van der Waals surface area contributed by atoms with Crippen LogP contribution in [-0.2, 0) is 9.53 Å². The number of ether oxygens (including phenoxy) is 1. The molecule has 4 atom stereocenters. The first kappa shape index (κ1) is 17.4. The summed E-state index contributed by atoms with van der Waals surface area (Å²) in [5.41, 5.74) is 0.931. The quantitative estimate of drug-likeness (QED) is 0.862. The molecule has 3 aliphatic heterocycles.